The summed E-state index contributed by atoms with van der Waals surface area (Å²) in [5, 5.41) is 8.51. The van der Waals surface area contributed by atoms with Crippen molar-refractivity contribution in [3.63, 3.8) is 0 Å². The van der Waals surface area contributed by atoms with Crippen LogP contribution < -0.4 is 27.4 Å². The summed E-state index contributed by atoms with van der Waals surface area (Å²) in [4.78, 5) is 37.7. The van der Waals surface area contributed by atoms with Crippen LogP contribution in [0, 0.1) is 5.41 Å². The first-order chi connectivity index (χ1) is 17.4. The van der Waals surface area contributed by atoms with E-state index in [-0.39, 0.29) is 11.8 Å². The molecule has 0 saturated heterocycles. The first kappa shape index (κ1) is 27.2. The Labute approximate surface area is 213 Å². The molecule has 2 aromatic carbocycles. The highest BCUT2D eigenvalue weighted by Gasteiger charge is 2.37. The van der Waals surface area contributed by atoms with Gasteiger partial charge in [-0.15, -0.1) is 0 Å². The van der Waals surface area contributed by atoms with Crippen molar-refractivity contribution in [1.29, 1.82) is 0 Å². The number of carbonyl (C=O) groups is 3. The van der Waals surface area contributed by atoms with Crippen molar-refractivity contribution >= 4 is 23.5 Å². The molecule has 1 aliphatic carbocycles. The molecule has 2 aromatic rings. The molecule has 1 fully saturated rings. The summed E-state index contributed by atoms with van der Waals surface area (Å²) in [5.74, 6) is -0.507. The van der Waals surface area contributed by atoms with Crippen molar-refractivity contribution in [3.8, 4) is 0 Å². The highest BCUT2D eigenvalue weighted by molar-refractivity contribution is 5.97. The smallest absolute Gasteiger partial charge is 0.315 e. The number of nitrogens with two attached hydrogens (primary N) is 2. The second-order valence-corrected chi connectivity index (χ2v) is 9.72. The van der Waals surface area contributed by atoms with Gasteiger partial charge in [-0.2, -0.15) is 0 Å². The predicted octanol–water partition coefficient (Wildman–Crippen LogP) is 3.60. The topological polar surface area (TPSA) is 139 Å². The predicted molar refractivity (Wildman–Crippen MR) is 142 cm³/mol. The van der Waals surface area contributed by atoms with Gasteiger partial charge in [-0.3, -0.25) is 9.59 Å². The van der Waals surface area contributed by atoms with E-state index in [0.29, 0.717) is 31.6 Å². The van der Waals surface area contributed by atoms with Crippen LogP contribution >= 0.6 is 0 Å². The van der Waals surface area contributed by atoms with E-state index in [9.17, 15) is 14.4 Å². The minimum absolute atomic E-state index is 0.225. The molecule has 0 bridgehead atoms. The fourth-order valence-corrected chi connectivity index (χ4v) is 4.81. The number of benzene rings is 2. The maximum Gasteiger partial charge on any atom is 0.315 e. The summed E-state index contributed by atoms with van der Waals surface area (Å²) in [6, 6.07) is 16.0. The van der Waals surface area contributed by atoms with Crippen LogP contribution in [0.3, 0.4) is 0 Å². The van der Waals surface area contributed by atoms with E-state index < -0.39 is 17.5 Å². The molecule has 0 radical (unpaired) electrons. The van der Waals surface area contributed by atoms with Gasteiger partial charge in [0.15, 0.2) is 0 Å². The van der Waals surface area contributed by atoms with Gasteiger partial charge in [-0.05, 0) is 68.3 Å². The van der Waals surface area contributed by atoms with Crippen LogP contribution in [0.1, 0.15) is 62.5 Å². The lowest BCUT2D eigenvalue weighted by molar-refractivity contribution is -0.129. The number of carbonyl (C=O) groups excluding carboxylic acids is 3. The lowest BCUT2D eigenvalue weighted by Gasteiger charge is -2.34. The standard InChI is InChI=1S/C28H39N5O3/c29-18-8-5-11-24(33-27(36)31-20-22-9-3-1-4-10-22)25(34)32-23-14-12-21(13-15-23)19-28(26(30)35)16-6-2-7-17-28/h1,3-4,9-10,12-15,24H,2,5-8,11,16-20,29H2,(H2,30,35)(H,32,34)(H2,31,33,36). The molecule has 3 rings (SSSR count). The average molecular weight is 494 g/mol. The third-order valence-electron chi connectivity index (χ3n) is 6.96. The Morgan fingerprint density at radius 2 is 1.58 bits per heavy atom. The molecule has 1 unspecified atom stereocenters. The molecule has 4 amide bonds. The van der Waals surface area contributed by atoms with Crippen molar-refractivity contribution in [2.24, 2.45) is 16.9 Å². The molecule has 7 N–H and O–H groups in total. The summed E-state index contributed by atoms with van der Waals surface area (Å²) in [6.07, 6.45) is 7.43. The lowest BCUT2D eigenvalue weighted by Crippen LogP contribution is -2.47. The van der Waals surface area contributed by atoms with Crippen LogP contribution in [0.2, 0.25) is 0 Å². The van der Waals surface area contributed by atoms with Crippen molar-refractivity contribution < 1.29 is 14.4 Å². The van der Waals surface area contributed by atoms with Crippen molar-refractivity contribution in [1.82, 2.24) is 10.6 Å². The van der Waals surface area contributed by atoms with Gasteiger partial charge in [0, 0.05) is 12.2 Å². The van der Waals surface area contributed by atoms with Gasteiger partial charge in [-0.25, -0.2) is 4.79 Å². The monoisotopic (exact) mass is 493 g/mol. The Morgan fingerprint density at radius 3 is 2.22 bits per heavy atom. The summed E-state index contributed by atoms with van der Waals surface area (Å²) in [5.41, 5.74) is 13.5. The number of rotatable bonds is 12. The number of urea groups is 1. The van der Waals surface area contributed by atoms with Crippen molar-refractivity contribution in [2.75, 3.05) is 11.9 Å². The van der Waals surface area contributed by atoms with E-state index in [0.717, 1.165) is 56.1 Å². The maximum atomic E-state index is 13.0. The Balaban J connectivity index is 1.58. The molecular formula is C28H39N5O3. The second kappa shape index (κ2) is 13.6. The van der Waals surface area contributed by atoms with Crippen molar-refractivity contribution in [3.05, 3.63) is 65.7 Å². The van der Waals surface area contributed by atoms with Gasteiger partial charge in [0.05, 0.1) is 5.41 Å². The zero-order valence-corrected chi connectivity index (χ0v) is 20.9. The molecule has 1 atom stereocenters. The highest BCUT2D eigenvalue weighted by atomic mass is 16.2. The van der Waals surface area contributed by atoms with E-state index in [4.69, 9.17) is 11.5 Å². The molecule has 0 heterocycles. The summed E-state index contributed by atoms with van der Waals surface area (Å²) in [7, 11) is 0. The number of primary amides is 1. The van der Waals surface area contributed by atoms with E-state index >= 15 is 0 Å². The van der Waals surface area contributed by atoms with E-state index in [1.165, 1.54) is 0 Å². The van der Waals surface area contributed by atoms with Crippen LogP contribution in [-0.4, -0.2) is 30.4 Å². The number of amides is 4. The number of unbranched alkanes of at least 4 members (excludes halogenated alkanes) is 1. The number of hydrogen-bond acceptors (Lipinski definition) is 4. The minimum atomic E-state index is -0.688. The third-order valence-corrected chi connectivity index (χ3v) is 6.96. The fraction of sp³-hybridized carbons (Fsp3) is 0.464. The molecule has 1 saturated carbocycles. The molecule has 36 heavy (non-hydrogen) atoms. The molecule has 1 aliphatic rings. The lowest BCUT2D eigenvalue weighted by atomic mass is 9.70. The maximum absolute atomic E-state index is 13.0. The SMILES string of the molecule is NCCCCC(NC(=O)NCc1ccccc1)C(=O)Nc1ccc(CC2(C(N)=O)CCCCC2)cc1. The summed E-state index contributed by atoms with van der Waals surface area (Å²) >= 11 is 0. The van der Waals surface area contributed by atoms with Gasteiger partial charge in [0.25, 0.3) is 0 Å². The van der Waals surface area contributed by atoms with Crippen LogP contribution in [0.5, 0.6) is 0 Å². The van der Waals surface area contributed by atoms with Crippen LogP contribution in [-0.2, 0) is 22.6 Å². The van der Waals surface area contributed by atoms with Gasteiger partial charge in [0.1, 0.15) is 6.04 Å². The number of nitrogens with one attached hydrogen (secondary N) is 3. The van der Waals surface area contributed by atoms with Gasteiger partial charge in [-0.1, -0.05) is 61.7 Å². The minimum Gasteiger partial charge on any atom is -0.369 e. The Kier molecular flexibility index (Phi) is 10.3. The molecule has 8 nitrogen and oxygen atoms in total. The van der Waals surface area contributed by atoms with Crippen molar-refractivity contribution in [2.45, 2.75) is 70.4 Å². The Morgan fingerprint density at radius 1 is 0.889 bits per heavy atom. The zero-order chi connectivity index (χ0) is 25.8. The third kappa shape index (κ3) is 8.09. The largest absolute Gasteiger partial charge is 0.369 e. The molecular weight excluding hydrogens is 454 g/mol. The fourth-order valence-electron chi connectivity index (χ4n) is 4.81. The highest BCUT2D eigenvalue weighted by Crippen LogP contribution is 2.39. The van der Waals surface area contributed by atoms with Crippen LogP contribution in [0.4, 0.5) is 10.5 Å². The average Bonchev–Trinajstić information content (AvgIpc) is 2.89. The Bertz CT molecular complexity index is 988. The molecule has 0 spiro atoms. The molecule has 0 aromatic heterocycles. The molecule has 0 aliphatic heterocycles. The second-order valence-electron chi connectivity index (χ2n) is 9.72. The van der Waals surface area contributed by atoms with E-state index in [1.54, 1.807) is 0 Å². The van der Waals surface area contributed by atoms with Crippen LogP contribution in [0.25, 0.3) is 0 Å². The van der Waals surface area contributed by atoms with Gasteiger partial charge in [0.2, 0.25) is 11.8 Å². The first-order valence-corrected chi connectivity index (χ1v) is 12.9. The summed E-state index contributed by atoms with van der Waals surface area (Å²) in [6.45, 7) is 0.904. The number of hydrogen-bond donors (Lipinski definition) is 5. The Hall–Kier alpha value is -3.39. The van der Waals surface area contributed by atoms with E-state index in [1.807, 2.05) is 54.6 Å². The molecule has 8 heteroatoms. The first-order valence-electron chi connectivity index (χ1n) is 12.9. The quantitative estimate of drug-likeness (QED) is 0.288. The zero-order valence-electron chi connectivity index (χ0n) is 20.9. The van der Waals surface area contributed by atoms with Gasteiger partial charge >= 0.3 is 6.03 Å². The number of anilines is 1. The molecule has 194 valence electrons. The van der Waals surface area contributed by atoms with Crippen LogP contribution in [0.15, 0.2) is 54.6 Å². The van der Waals surface area contributed by atoms with Gasteiger partial charge < -0.3 is 27.4 Å². The summed E-state index contributed by atoms with van der Waals surface area (Å²) < 4.78 is 0. The normalized spacial score (nSPS) is 15.5. The van der Waals surface area contributed by atoms with E-state index in [2.05, 4.69) is 16.0 Å².